The lowest BCUT2D eigenvalue weighted by atomic mass is 10.2. The molecular formula is C22H19FN4O2. The van der Waals surface area contributed by atoms with Gasteiger partial charge in [-0.1, -0.05) is 12.1 Å². The van der Waals surface area contributed by atoms with Crippen molar-refractivity contribution in [2.45, 2.75) is 6.54 Å². The molecule has 4 aromatic rings. The van der Waals surface area contributed by atoms with Gasteiger partial charge in [-0.2, -0.15) is 5.10 Å². The number of carbonyl (C=O) groups is 1. The first-order valence-electron chi connectivity index (χ1n) is 9.04. The number of nitrogens with one attached hydrogen (secondary N) is 1. The average Bonchev–Trinajstić information content (AvgIpc) is 3.42. The lowest BCUT2D eigenvalue weighted by Crippen LogP contribution is -2.24. The molecule has 7 heteroatoms. The Balaban J connectivity index is 1.64. The van der Waals surface area contributed by atoms with E-state index in [2.05, 4.69) is 10.4 Å². The standard InChI is InChI=1S/C22H19FN4O2/c1-29-19-6-4-5-16(13-19)14-24-21(28)20-15-25-27(18-9-7-17(23)8-10-18)22(20)26-11-2-3-12-26/h2-13,15H,14H2,1H3,(H,24,28). The first-order chi connectivity index (χ1) is 14.2. The highest BCUT2D eigenvalue weighted by Crippen LogP contribution is 2.20. The highest BCUT2D eigenvalue weighted by atomic mass is 19.1. The second-order valence-corrected chi connectivity index (χ2v) is 6.39. The molecule has 0 unspecified atom stereocenters. The van der Waals surface area contributed by atoms with Crippen molar-refractivity contribution < 1.29 is 13.9 Å². The van der Waals surface area contributed by atoms with Gasteiger partial charge >= 0.3 is 0 Å². The van der Waals surface area contributed by atoms with E-state index in [4.69, 9.17) is 4.74 Å². The van der Waals surface area contributed by atoms with Gasteiger partial charge in [0.25, 0.3) is 5.91 Å². The van der Waals surface area contributed by atoms with E-state index in [0.29, 0.717) is 23.6 Å². The zero-order valence-electron chi connectivity index (χ0n) is 15.7. The third-order valence-electron chi connectivity index (χ3n) is 4.50. The van der Waals surface area contributed by atoms with Crippen molar-refractivity contribution in [2.24, 2.45) is 0 Å². The lowest BCUT2D eigenvalue weighted by Gasteiger charge is -2.11. The van der Waals surface area contributed by atoms with Crippen LogP contribution in [0.25, 0.3) is 11.5 Å². The second kappa shape index (κ2) is 8.02. The van der Waals surface area contributed by atoms with Gasteiger partial charge in [0.1, 0.15) is 17.1 Å². The summed E-state index contributed by atoms with van der Waals surface area (Å²) in [7, 11) is 1.60. The van der Waals surface area contributed by atoms with Crippen LogP contribution < -0.4 is 10.1 Å². The summed E-state index contributed by atoms with van der Waals surface area (Å²) < 4.78 is 21.9. The largest absolute Gasteiger partial charge is 0.497 e. The van der Waals surface area contributed by atoms with E-state index in [1.165, 1.54) is 18.3 Å². The molecule has 146 valence electrons. The predicted molar refractivity (Wildman–Crippen MR) is 107 cm³/mol. The van der Waals surface area contributed by atoms with Crippen LogP contribution in [0.15, 0.2) is 79.3 Å². The van der Waals surface area contributed by atoms with Crippen LogP contribution in [0.2, 0.25) is 0 Å². The van der Waals surface area contributed by atoms with Gasteiger partial charge in [-0.05, 0) is 54.1 Å². The Labute approximate surface area is 167 Å². The summed E-state index contributed by atoms with van der Waals surface area (Å²) in [6.07, 6.45) is 5.17. The summed E-state index contributed by atoms with van der Waals surface area (Å²) >= 11 is 0. The molecule has 6 nitrogen and oxygen atoms in total. The Kier molecular flexibility index (Phi) is 5.11. The van der Waals surface area contributed by atoms with Crippen LogP contribution in [0.5, 0.6) is 5.75 Å². The Morgan fingerprint density at radius 1 is 1.10 bits per heavy atom. The first kappa shape index (κ1) is 18.5. The van der Waals surface area contributed by atoms with Crippen LogP contribution in [0.1, 0.15) is 15.9 Å². The fourth-order valence-corrected chi connectivity index (χ4v) is 3.06. The van der Waals surface area contributed by atoms with Crippen LogP contribution in [0, 0.1) is 5.82 Å². The molecule has 1 N–H and O–H groups in total. The highest BCUT2D eigenvalue weighted by molar-refractivity contribution is 5.97. The molecule has 2 heterocycles. The number of benzene rings is 2. The number of hydrogen-bond acceptors (Lipinski definition) is 3. The highest BCUT2D eigenvalue weighted by Gasteiger charge is 2.19. The summed E-state index contributed by atoms with van der Waals surface area (Å²) in [5, 5.41) is 7.29. The van der Waals surface area contributed by atoms with E-state index in [0.717, 1.165) is 11.3 Å². The molecule has 2 aromatic heterocycles. The van der Waals surface area contributed by atoms with E-state index in [-0.39, 0.29) is 11.7 Å². The van der Waals surface area contributed by atoms with Crippen LogP contribution in [-0.2, 0) is 6.54 Å². The van der Waals surface area contributed by atoms with Gasteiger partial charge in [-0.3, -0.25) is 4.79 Å². The van der Waals surface area contributed by atoms with Crippen LogP contribution in [0.3, 0.4) is 0 Å². The Hall–Kier alpha value is -3.87. The van der Waals surface area contributed by atoms with Gasteiger partial charge in [-0.15, -0.1) is 0 Å². The van der Waals surface area contributed by atoms with Gasteiger partial charge in [-0.25, -0.2) is 9.07 Å². The molecule has 0 fully saturated rings. The summed E-state index contributed by atoms with van der Waals surface area (Å²) in [4.78, 5) is 12.9. The van der Waals surface area contributed by atoms with E-state index in [1.54, 1.807) is 28.5 Å². The quantitative estimate of drug-likeness (QED) is 0.546. The third-order valence-corrected chi connectivity index (χ3v) is 4.50. The number of methoxy groups -OCH3 is 1. The topological polar surface area (TPSA) is 61.1 Å². The van der Waals surface area contributed by atoms with E-state index < -0.39 is 0 Å². The minimum atomic E-state index is -0.334. The molecule has 0 spiro atoms. The Morgan fingerprint density at radius 3 is 2.59 bits per heavy atom. The van der Waals surface area contributed by atoms with Crippen molar-refractivity contribution in [1.29, 1.82) is 0 Å². The number of carbonyl (C=O) groups excluding carboxylic acids is 1. The zero-order valence-corrected chi connectivity index (χ0v) is 15.7. The molecule has 29 heavy (non-hydrogen) atoms. The number of hydrogen-bond donors (Lipinski definition) is 1. The SMILES string of the molecule is COc1cccc(CNC(=O)c2cnn(-c3ccc(F)cc3)c2-n2cccc2)c1. The average molecular weight is 390 g/mol. The van der Waals surface area contributed by atoms with Gasteiger partial charge < -0.3 is 14.6 Å². The van der Waals surface area contributed by atoms with Crippen LogP contribution >= 0.6 is 0 Å². The minimum absolute atomic E-state index is 0.259. The Bertz CT molecular complexity index is 1120. The molecule has 1 amide bonds. The molecule has 0 saturated carbocycles. The van der Waals surface area contributed by atoms with Crippen molar-refractivity contribution in [3.63, 3.8) is 0 Å². The fourth-order valence-electron chi connectivity index (χ4n) is 3.06. The molecular weight excluding hydrogens is 371 g/mol. The molecule has 0 aliphatic rings. The number of amides is 1. The van der Waals surface area contributed by atoms with Crippen molar-refractivity contribution in [3.05, 3.63) is 96.2 Å². The minimum Gasteiger partial charge on any atom is -0.497 e. The number of aromatic nitrogens is 3. The lowest BCUT2D eigenvalue weighted by molar-refractivity contribution is 0.0951. The molecule has 0 bridgehead atoms. The smallest absolute Gasteiger partial charge is 0.256 e. The van der Waals surface area contributed by atoms with E-state index in [1.807, 2.05) is 48.8 Å². The monoisotopic (exact) mass is 390 g/mol. The van der Waals surface area contributed by atoms with E-state index in [9.17, 15) is 9.18 Å². The van der Waals surface area contributed by atoms with Crippen molar-refractivity contribution in [1.82, 2.24) is 19.7 Å². The summed E-state index contributed by atoms with van der Waals surface area (Å²) in [6, 6.07) is 17.2. The van der Waals surface area contributed by atoms with Crippen LogP contribution in [-0.4, -0.2) is 27.4 Å². The third kappa shape index (κ3) is 3.89. The maximum atomic E-state index is 13.3. The number of ether oxygens (including phenoxy) is 1. The van der Waals surface area contributed by atoms with Gasteiger partial charge in [0, 0.05) is 18.9 Å². The molecule has 0 saturated heterocycles. The van der Waals surface area contributed by atoms with Crippen molar-refractivity contribution >= 4 is 5.91 Å². The first-order valence-corrected chi connectivity index (χ1v) is 9.04. The molecule has 0 aliphatic carbocycles. The fraction of sp³-hybridized carbons (Fsp3) is 0.0909. The number of nitrogens with zero attached hydrogens (tertiary/aromatic N) is 3. The maximum Gasteiger partial charge on any atom is 0.256 e. The van der Waals surface area contributed by atoms with Crippen molar-refractivity contribution in [2.75, 3.05) is 7.11 Å². The maximum absolute atomic E-state index is 13.3. The Morgan fingerprint density at radius 2 is 1.86 bits per heavy atom. The van der Waals surface area contributed by atoms with E-state index >= 15 is 0 Å². The van der Waals surface area contributed by atoms with Gasteiger partial charge in [0.05, 0.1) is 19.0 Å². The molecule has 0 aliphatic heterocycles. The molecule has 4 rings (SSSR count). The summed E-state index contributed by atoms with van der Waals surface area (Å²) in [5.41, 5.74) is 1.99. The summed E-state index contributed by atoms with van der Waals surface area (Å²) in [6.45, 7) is 0.350. The second-order valence-electron chi connectivity index (χ2n) is 6.39. The predicted octanol–water partition coefficient (Wildman–Crippen LogP) is 3.74. The number of halogens is 1. The number of rotatable bonds is 6. The van der Waals surface area contributed by atoms with Gasteiger partial charge in [0.15, 0.2) is 5.82 Å². The molecule has 0 radical (unpaired) electrons. The van der Waals surface area contributed by atoms with Crippen molar-refractivity contribution in [3.8, 4) is 17.3 Å². The van der Waals surface area contributed by atoms with Crippen LogP contribution in [0.4, 0.5) is 4.39 Å². The van der Waals surface area contributed by atoms with Gasteiger partial charge in [0.2, 0.25) is 0 Å². The molecule has 2 aromatic carbocycles. The zero-order chi connectivity index (χ0) is 20.2. The normalized spacial score (nSPS) is 10.7. The summed E-state index contributed by atoms with van der Waals surface area (Å²) in [5.74, 6) is 0.711. The molecule has 0 atom stereocenters.